The molecule has 1 fully saturated rings. The standard InChI is InChI=1S/C5H10S4.2CH4/c6-1-4-3-8-5(2-7)9-4;;/h4-7H,1-3H2;2*1H4. The molecule has 0 aromatic heterocycles. The molecule has 0 saturated carbocycles. The second-order valence-corrected chi connectivity index (χ2v) is 5.66. The molecule has 0 spiro atoms. The van der Waals surface area contributed by atoms with E-state index in [0.717, 1.165) is 21.3 Å². The van der Waals surface area contributed by atoms with Crippen molar-refractivity contribution in [2.24, 2.45) is 0 Å². The Morgan fingerprint density at radius 2 is 1.82 bits per heavy atom. The van der Waals surface area contributed by atoms with Gasteiger partial charge < -0.3 is 0 Å². The van der Waals surface area contributed by atoms with Gasteiger partial charge in [0.15, 0.2) is 0 Å². The molecule has 0 aromatic rings. The minimum Gasteiger partial charge on any atom is -0.178 e. The smallest absolute Gasteiger partial charge is 0.0594 e. The maximum atomic E-state index is 4.24. The number of thiol groups is 2. The van der Waals surface area contributed by atoms with E-state index >= 15 is 0 Å². The highest BCUT2D eigenvalue weighted by Gasteiger charge is 2.23. The van der Waals surface area contributed by atoms with E-state index in [9.17, 15) is 0 Å². The average molecular weight is 230 g/mol. The topological polar surface area (TPSA) is 0 Å². The third-order valence-corrected chi connectivity index (χ3v) is 5.99. The van der Waals surface area contributed by atoms with Gasteiger partial charge in [0.1, 0.15) is 0 Å². The van der Waals surface area contributed by atoms with Crippen molar-refractivity contribution >= 4 is 48.8 Å². The molecule has 1 aliphatic heterocycles. The lowest BCUT2D eigenvalue weighted by atomic mass is 10.6. The lowest BCUT2D eigenvalue weighted by Gasteiger charge is -2.03. The monoisotopic (exact) mass is 230 g/mol. The van der Waals surface area contributed by atoms with E-state index in [4.69, 9.17) is 0 Å². The zero-order chi connectivity index (χ0) is 6.69. The molecule has 1 saturated heterocycles. The molecule has 0 amide bonds. The fourth-order valence-electron chi connectivity index (χ4n) is 0.699. The largest absolute Gasteiger partial charge is 0.178 e. The summed E-state index contributed by atoms with van der Waals surface area (Å²) in [5, 5.41) is 0.774. The van der Waals surface area contributed by atoms with Gasteiger partial charge in [0, 0.05) is 22.5 Å². The normalized spacial score (nSPS) is 28.9. The van der Waals surface area contributed by atoms with Crippen LogP contribution in [0.5, 0.6) is 0 Å². The first kappa shape index (κ1) is 14.9. The second-order valence-electron chi connectivity index (χ2n) is 1.89. The Morgan fingerprint density at radius 3 is 2.09 bits per heavy atom. The molecule has 4 heteroatoms. The van der Waals surface area contributed by atoms with E-state index in [1.807, 2.05) is 23.5 Å². The maximum absolute atomic E-state index is 4.24. The molecule has 0 aliphatic carbocycles. The zero-order valence-electron chi connectivity index (χ0n) is 4.99. The van der Waals surface area contributed by atoms with Crippen LogP contribution >= 0.6 is 48.8 Å². The van der Waals surface area contributed by atoms with Crippen LogP contribution in [0.2, 0.25) is 0 Å². The van der Waals surface area contributed by atoms with Crippen LogP contribution in [0.25, 0.3) is 0 Å². The van der Waals surface area contributed by atoms with Gasteiger partial charge in [-0.15, -0.1) is 23.5 Å². The highest BCUT2D eigenvalue weighted by Crippen LogP contribution is 2.38. The molecule has 0 aromatic carbocycles. The number of rotatable bonds is 2. The summed E-state index contributed by atoms with van der Waals surface area (Å²) >= 11 is 12.5. The molecular formula is C7H18S4. The summed E-state index contributed by atoms with van der Waals surface area (Å²) < 4.78 is 0.727. The molecule has 1 aliphatic rings. The average Bonchev–Trinajstić information content (AvgIpc) is 2.34. The maximum Gasteiger partial charge on any atom is 0.0594 e. The summed E-state index contributed by atoms with van der Waals surface area (Å²) in [5.74, 6) is 3.28. The van der Waals surface area contributed by atoms with E-state index in [1.165, 1.54) is 5.75 Å². The summed E-state index contributed by atoms with van der Waals surface area (Å²) in [6, 6.07) is 0. The molecule has 1 heterocycles. The predicted octanol–water partition coefficient (Wildman–Crippen LogP) is 3.29. The number of hydrogen-bond donors (Lipinski definition) is 2. The van der Waals surface area contributed by atoms with E-state index in [2.05, 4.69) is 25.3 Å². The molecule has 1 rings (SSSR count). The Bertz CT molecular complexity index is 76.5. The Labute approximate surface area is 90.5 Å². The molecule has 0 nitrogen and oxygen atoms in total. The van der Waals surface area contributed by atoms with Crippen LogP contribution in [0.1, 0.15) is 14.9 Å². The highest BCUT2D eigenvalue weighted by atomic mass is 32.2. The van der Waals surface area contributed by atoms with Crippen molar-refractivity contribution in [2.75, 3.05) is 17.3 Å². The van der Waals surface area contributed by atoms with Crippen molar-refractivity contribution in [3.63, 3.8) is 0 Å². The van der Waals surface area contributed by atoms with Gasteiger partial charge in [-0.2, -0.15) is 25.3 Å². The van der Waals surface area contributed by atoms with Crippen molar-refractivity contribution < 1.29 is 0 Å². The summed E-state index contributed by atoms with van der Waals surface area (Å²) in [5.41, 5.74) is 0. The lowest BCUT2D eigenvalue weighted by molar-refractivity contribution is 1.17. The number of thioether (sulfide) groups is 2. The van der Waals surface area contributed by atoms with Crippen LogP contribution in [0, 0.1) is 0 Å². The van der Waals surface area contributed by atoms with Gasteiger partial charge in [0.25, 0.3) is 0 Å². The van der Waals surface area contributed by atoms with Gasteiger partial charge in [0.05, 0.1) is 4.58 Å². The van der Waals surface area contributed by atoms with Gasteiger partial charge in [-0.05, 0) is 0 Å². The fraction of sp³-hybridized carbons (Fsp3) is 1.00. The summed E-state index contributed by atoms with van der Waals surface area (Å²) in [4.78, 5) is 0. The molecule has 2 unspecified atom stereocenters. The minimum atomic E-state index is 0. The third kappa shape index (κ3) is 4.86. The van der Waals surface area contributed by atoms with Gasteiger partial charge in [-0.25, -0.2) is 0 Å². The van der Waals surface area contributed by atoms with E-state index in [-0.39, 0.29) is 14.9 Å². The quantitative estimate of drug-likeness (QED) is 0.699. The molecule has 0 N–H and O–H groups in total. The van der Waals surface area contributed by atoms with Crippen LogP contribution in [0.3, 0.4) is 0 Å². The number of hydrogen-bond acceptors (Lipinski definition) is 4. The molecular weight excluding hydrogens is 212 g/mol. The van der Waals surface area contributed by atoms with Crippen LogP contribution in [-0.2, 0) is 0 Å². The summed E-state index contributed by atoms with van der Waals surface area (Å²) in [7, 11) is 0. The van der Waals surface area contributed by atoms with Crippen molar-refractivity contribution in [3.8, 4) is 0 Å². The zero-order valence-corrected chi connectivity index (χ0v) is 8.41. The molecule has 70 valence electrons. The third-order valence-electron chi connectivity index (χ3n) is 1.16. The first-order chi connectivity index (χ1) is 4.36. The Balaban J connectivity index is 0. The van der Waals surface area contributed by atoms with E-state index < -0.39 is 0 Å². The molecule has 0 radical (unpaired) electrons. The first-order valence-electron chi connectivity index (χ1n) is 2.85. The van der Waals surface area contributed by atoms with Crippen LogP contribution in [0.15, 0.2) is 0 Å². The molecule has 2 atom stereocenters. The SMILES string of the molecule is C.C.SCC1CSC(CS)S1. The Hall–Kier alpha value is 1.40. The molecule has 11 heavy (non-hydrogen) atoms. The van der Waals surface area contributed by atoms with Crippen LogP contribution in [0.4, 0.5) is 0 Å². The van der Waals surface area contributed by atoms with Crippen molar-refractivity contribution in [3.05, 3.63) is 0 Å². The Morgan fingerprint density at radius 1 is 1.18 bits per heavy atom. The van der Waals surface area contributed by atoms with Crippen molar-refractivity contribution in [2.45, 2.75) is 24.7 Å². The van der Waals surface area contributed by atoms with E-state index in [1.54, 1.807) is 0 Å². The van der Waals surface area contributed by atoms with Crippen molar-refractivity contribution in [1.82, 2.24) is 0 Å². The van der Waals surface area contributed by atoms with Gasteiger partial charge in [-0.1, -0.05) is 14.9 Å². The predicted molar refractivity (Wildman–Crippen MR) is 68.8 cm³/mol. The lowest BCUT2D eigenvalue weighted by Crippen LogP contribution is -2.02. The van der Waals surface area contributed by atoms with Crippen molar-refractivity contribution in [1.29, 1.82) is 0 Å². The van der Waals surface area contributed by atoms with Gasteiger partial charge >= 0.3 is 0 Å². The highest BCUT2D eigenvalue weighted by molar-refractivity contribution is 8.21. The first-order valence-corrected chi connectivity index (χ1v) is 6.11. The van der Waals surface area contributed by atoms with Gasteiger partial charge in [-0.3, -0.25) is 0 Å². The van der Waals surface area contributed by atoms with Crippen LogP contribution < -0.4 is 0 Å². The summed E-state index contributed by atoms with van der Waals surface area (Å²) in [6.45, 7) is 0. The second kappa shape index (κ2) is 8.02. The van der Waals surface area contributed by atoms with Crippen LogP contribution in [-0.4, -0.2) is 27.1 Å². The Kier molecular flexibility index (Phi) is 10.9. The molecule has 0 bridgehead atoms. The van der Waals surface area contributed by atoms with Gasteiger partial charge in [0.2, 0.25) is 0 Å². The minimum absolute atomic E-state index is 0. The summed E-state index contributed by atoms with van der Waals surface area (Å²) in [6.07, 6.45) is 0. The fourth-order valence-corrected chi connectivity index (χ4v) is 4.66. The van der Waals surface area contributed by atoms with E-state index in [0.29, 0.717) is 0 Å².